The molecule has 9 heteroatoms. The van der Waals surface area contributed by atoms with Crippen molar-refractivity contribution in [1.82, 2.24) is 30.2 Å². The predicted octanol–water partition coefficient (Wildman–Crippen LogP) is 0.728. The van der Waals surface area contributed by atoms with Crippen LogP contribution in [0.15, 0.2) is 30.6 Å². The van der Waals surface area contributed by atoms with E-state index in [1.165, 1.54) is 0 Å². The van der Waals surface area contributed by atoms with Gasteiger partial charge in [0.15, 0.2) is 11.6 Å². The van der Waals surface area contributed by atoms with Crippen molar-refractivity contribution < 1.29 is 4.74 Å². The summed E-state index contributed by atoms with van der Waals surface area (Å²) in [6, 6.07) is 5.73. The molecule has 0 amide bonds. The van der Waals surface area contributed by atoms with Crippen molar-refractivity contribution >= 4 is 22.8 Å². The number of ether oxygens (including phenoxy) is 1. The Morgan fingerprint density at radius 3 is 2.57 bits per heavy atom. The molecule has 9 nitrogen and oxygen atoms in total. The smallest absolute Gasteiger partial charge is 0.226 e. The molecule has 0 atom stereocenters. The Kier molecular flexibility index (Phi) is 4.67. The monoisotopic (exact) mass is 378 g/mol. The van der Waals surface area contributed by atoms with E-state index in [4.69, 9.17) is 19.7 Å². The van der Waals surface area contributed by atoms with Crippen molar-refractivity contribution in [2.45, 2.75) is 0 Å². The summed E-state index contributed by atoms with van der Waals surface area (Å²) < 4.78 is 5.49. The third-order valence-corrected chi connectivity index (χ3v) is 5.02. The van der Waals surface area contributed by atoms with Crippen molar-refractivity contribution in [3.8, 4) is 11.5 Å². The summed E-state index contributed by atoms with van der Waals surface area (Å²) in [5.41, 5.74) is 2.35. The van der Waals surface area contributed by atoms with Gasteiger partial charge in [-0.25, -0.2) is 19.9 Å². The van der Waals surface area contributed by atoms with Gasteiger partial charge in [-0.1, -0.05) is 0 Å². The Balaban J connectivity index is 1.57. The number of piperazine rings is 1. The molecule has 0 bridgehead atoms. The summed E-state index contributed by atoms with van der Waals surface area (Å²) >= 11 is 0. The summed E-state index contributed by atoms with van der Waals surface area (Å²) in [5, 5.41) is 3.35. The number of morpholine rings is 1. The van der Waals surface area contributed by atoms with E-state index in [0.29, 0.717) is 19.0 Å². The molecule has 3 aromatic heterocycles. The highest BCUT2D eigenvalue weighted by Gasteiger charge is 2.20. The lowest BCUT2D eigenvalue weighted by Gasteiger charge is -2.28. The van der Waals surface area contributed by atoms with E-state index < -0.39 is 0 Å². The van der Waals surface area contributed by atoms with Crippen LogP contribution in [0.3, 0.4) is 0 Å². The van der Waals surface area contributed by atoms with Gasteiger partial charge < -0.3 is 19.9 Å². The van der Waals surface area contributed by atoms with E-state index in [9.17, 15) is 0 Å². The summed E-state index contributed by atoms with van der Waals surface area (Å²) in [4.78, 5) is 27.7. The summed E-state index contributed by atoms with van der Waals surface area (Å²) in [6.07, 6.45) is 3.56. The molecule has 0 spiro atoms. The Morgan fingerprint density at radius 1 is 0.857 bits per heavy atom. The van der Waals surface area contributed by atoms with Crippen molar-refractivity contribution in [3.05, 3.63) is 30.6 Å². The second kappa shape index (κ2) is 7.61. The number of nitrogens with one attached hydrogen (secondary N) is 1. The van der Waals surface area contributed by atoms with Crippen LogP contribution in [-0.2, 0) is 4.74 Å². The van der Waals surface area contributed by atoms with Crippen LogP contribution in [0.1, 0.15) is 0 Å². The van der Waals surface area contributed by atoms with Gasteiger partial charge in [0.25, 0.3) is 0 Å². The lowest BCUT2D eigenvalue weighted by molar-refractivity contribution is 0.122. The highest BCUT2D eigenvalue weighted by atomic mass is 16.5. The standard InChI is InChI=1S/C19H22N8O/c1-2-14-16(21-4-1)18(26-10-12-28-13-11-26)25-17(23-14)15-3-5-22-19(24-15)27-8-6-20-7-9-27/h1-5,20H,6-13H2. The molecule has 5 rings (SSSR count). The van der Waals surface area contributed by atoms with Gasteiger partial charge in [-0.15, -0.1) is 0 Å². The molecule has 0 aromatic carbocycles. The average molecular weight is 378 g/mol. The molecule has 0 unspecified atom stereocenters. The molecule has 2 saturated heterocycles. The van der Waals surface area contributed by atoms with Crippen LogP contribution in [-0.4, -0.2) is 77.4 Å². The minimum atomic E-state index is 0.598. The zero-order valence-corrected chi connectivity index (χ0v) is 15.6. The summed E-state index contributed by atoms with van der Waals surface area (Å²) in [5.74, 6) is 2.16. The van der Waals surface area contributed by atoms with Gasteiger partial charge in [0.1, 0.15) is 11.2 Å². The second-order valence-electron chi connectivity index (χ2n) is 6.82. The van der Waals surface area contributed by atoms with Gasteiger partial charge in [0.05, 0.1) is 18.7 Å². The fraction of sp³-hybridized carbons (Fsp3) is 0.421. The van der Waals surface area contributed by atoms with Gasteiger partial charge >= 0.3 is 0 Å². The molecular weight excluding hydrogens is 356 g/mol. The quantitative estimate of drug-likeness (QED) is 0.708. The van der Waals surface area contributed by atoms with Gasteiger partial charge in [0, 0.05) is 51.7 Å². The molecule has 28 heavy (non-hydrogen) atoms. The molecule has 3 aromatic rings. The first-order valence-electron chi connectivity index (χ1n) is 9.63. The first kappa shape index (κ1) is 17.2. The Morgan fingerprint density at radius 2 is 1.71 bits per heavy atom. The molecule has 0 saturated carbocycles. The molecular formula is C19H22N8O. The predicted molar refractivity (Wildman–Crippen MR) is 106 cm³/mol. The van der Waals surface area contributed by atoms with Crippen LogP contribution in [0.4, 0.5) is 11.8 Å². The van der Waals surface area contributed by atoms with E-state index in [0.717, 1.165) is 67.8 Å². The van der Waals surface area contributed by atoms with Crippen molar-refractivity contribution in [3.63, 3.8) is 0 Å². The zero-order chi connectivity index (χ0) is 18.8. The van der Waals surface area contributed by atoms with E-state index in [-0.39, 0.29) is 0 Å². The Hall–Kier alpha value is -2.91. The number of hydrogen-bond donors (Lipinski definition) is 1. The number of rotatable bonds is 3. The first-order valence-corrected chi connectivity index (χ1v) is 9.63. The van der Waals surface area contributed by atoms with Crippen molar-refractivity contribution in [2.24, 2.45) is 0 Å². The maximum Gasteiger partial charge on any atom is 0.226 e. The largest absolute Gasteiger partial charge is 0.378 e. The molecule has 2 fully saturated rings. The fourth-order valence-corrected chi connectivity index (χ4v) is 3.55. The minimum absolute atomic E-state index is 0.598. The maximum absolute atomic E-state index is 5.49. The first-order chi connectivity index (χ1) is 13.9. The molecule has 5 heterocycles. The molecule has 2 aliphatic heterocycles. The van der Waals surface area contributed by atoms with Crippen LogP contribution in [0.2, 0.25) is 0 Å². The van der Waals surface area contributed by atoms with E-state index in [1.54, 1.807) is 12.4 Å². The highest BCUT2D eigenvalue weighted by molar-refractivity contribution is 5.87. The maximum atomic E-state index is 5.49. The van der Waals surface area contributed by atoms with Gasteiger partial charge in [-0.2, -0.15) is 0 Å². The van der Waals surface area contributed by atoms with Crippen LogP contribution in [0, 0.1) is 0 Å². The van der Waals surface area contributed by atoms with Crippen molar-refractivity contribution in [2.75, 3.05) is 62.3 Å². The van der Waals surface area contributed by atoms with Gasteiger partial charge in [-0.3, -0.25) is 4.98 Å². The van der Waals surface area contributed by atoms with Crippen LogP contribution < -0.4 is 15.1 Å². The average Bonchev–Trinajstić information content (AvgIpc) is 2.79. The Bertz CT molecular complexity index is 969. The number of nitrogens with zero attached hydrogens (tertiary/aromatic N) is 7. The van der Waals surface area contributed by atoms with E-state index in [2.05, 4.69) is 25.1 Å². The number of anilines is 2. The van der Waals surface area contributed by atoms with Crippen LogP contribution >= 0.6 is 0 Å². The third-order valence-electron chi connectivity index (χ3n) is 5.02. The number of hydrogen-bond acceptors (Lipinski definition) is 9. The number of fused-ring (bicyclic) bond motifs is 1. The lowest BCUT2D eigenvalue weighted by atomic mass is 10.3. The topological polar surface area (TPSA) is 92.2 Å². The van der Waals surface area contributed by atoms with Crippen LogP contribution in [0.5, 0.6) is 0 Å². The Labute approximate surface area is 162 Å². The lowest BCUT2D eigenvalue weighted by Crippen LogP contribution is -2.44. The van der Waals surface area contributed by atoms with Gasteiger partial charge in [-0.05, 0) is 18.2 Å². The second-order valence-corrected chi connectivity index (χ2v) is 6.82. The van der Waals surface area contributed by atoms with E-state index >= 15 is 0 Å². The molecule has 2 aliphatic rings. The summed E-state index contributed by atoms with van der Waals surface area (Å²) in [7, 11) is 0. The highest BCUT2D eigenvalue weighted by Crippen LogP contribution is 2.26. The molecule has 144 valence electrons. The fourth-order valence-electron chi connectivity index (χ4n) is 3.55. The SMILES string of the molecule is c1cnc2c(N3CCOCC3)nc(-c3ccnc(N4CCNCC4)n3)nc2c1. The van der Waals surface area contributed by atoms with E-state index in [1.807, 2.05) is 18.2 Å². The zero-order valence-electron chi connectivity index (χ0n) is 15.6. The normalized spacial score (nSPS) is 17.9. The number of pyridine rings is 1. The van der Waals surface area contributed by atoms with Crippen LogP contribution in [0.25, 0.3) is 22.6 Å². The third kappa shape index (κ3) is 3.34. The minimum Gasteiger partial charge on any atom is -0.378 e. The summed E-state index contributed by atoms with van der Waals surface area (Å²) in [6.45, 7) is 6.62. The molecule has 0 aliphatic carbocycles. The van der Waals surface area contributed by atoms with Gasteiger partial charge in [0.2, 0.25) is 5.95 Å². The number of aromatic nitrogens is 5. The molecule has 0 radical (unpaired) electrons. The molecule has 1 N–H and O–H groups in total. The van der Waals surface area contributed by atoms with Crippen molar-refractivity contribution in [1.29, 1.82) is 0 Å².